The number of carbonyl (C=O) groups is 1. The summed E-state index contributed by atoms with van der Waals surface area (Å²) in [5.74, 6) is 0.469. The Kier molecular flexibility index (Phi) is 6.27. The molecule has 0 aromatic carbocycles. The summed E-state index contributed by atoms with van der Waals surface area (Å²) in [6.45, 7) is 4.27. The van der Waals surface area contributed by atoms with Crippen molar-refractivity contribution in [1.29, 1.82) is 0 Å². The zero-order chi connectivity index (χ0) is 12.7. The van der Waals surface area contributed by atoms with Gasteiger partial charge in [-0.25, -0.2) is 0 Å². The molecule has 0 aromatic rings. The standard InChI is InChI=1S/C14H25NO2/c1-11(2)13(8-9-16)15-14(17)10-12-6-4-3-5-7-12/h6,11,13,16H,3-5,7-10H2,1-2H3,(H,15,17). The fourth-order valence-corrected chi connectivity index (χ4v) is 2.24. The van der Waals surface area contributed by atoms with Crippen molar-refractivity contribution in [2.75, 3.05) is 6.61 Å². The summed E-state index contributed by atoms with van der Waals surface area (Å²) >= 11 is 0. The first kappa shape index (κ1) is 14.2. The molecular formula is C14H25NO2. The lowest BCUT2D eigenvalue weighted by molar-refractivity contribution is -0.121. The number of hydrogen-bond donors (Lipinski definition) is 2. The Labute approximate surface area is 104 Å². The van der Waals surface area contributed by atoms with Crippen LogP contribution in [0.15, 0.2) is 11.6 Å². The molecule has 1 unspecified atom stereocenters. The molecule has 98 valence electrons. The molecule has 1 amide bonds. The highest BCUT2D eigenvalue weighted by molar-refractivity contribution is 5.78. The maximum atomic E-state index is 11.9. The Morgan fingerprint density at radius 2 is 2.24 bits per heavy atom. The number of carbonyl (C=O) groups excluding carboxylic acids is 1. The number of hydrogen-bond acceptors (Lipinski definition) is 2. The van der Waals surface area contributed by atoms with Crippen molar-refractivity contribution in [1.82, 2.24) is 5.32 Å². The van der Waals surface area contributed by atoms with Crippen molar-refractivity contribution in [2.45, 2.75) is 58.4 Å². The van der Waals surface area contributed by atoms with E-state index in [0.717, 1.165) is 12.8 Å². The molecule has 0 radical (unpaired) electrons. The second-order valence-corrected chi connectivity index (χ2v) is 5.22. The van der Waals surface area contributed by atoms with Gasteiger partial charge in [-0.05, 0) is 38.0 Å². The number of aliphatic hydroxyl groups excluding tert-OH is 1. The molecule has 3 nitrogen and oxygen atoms in total. The van der Waals surface area contributed by atoms with Crippen LogP contribution in [-0.4, -0.2) is 23.7 Å². The smallest absolute Gasteiger partial charge is 0.224 e. The van der Waals surface area contributed by atoms with E-state index in [9.17, 15) is 4.79 Å². The Morgan fingerprint density at radius 3 is 2.76 bits per heavy atom. The van der Waals surface area contributed by atoms with Crippen LogP contribution in [0.5, 0.6) is 0 Å². The average Bonchev–Trinajstić information content (AvgIpc) is 2.29. The molecule has 0 saturated heterocycles. The Balaban J connectivity index is 2.38. The number of aliphatic hydroxyl groups is 1. The van der Waals surface area contributed by atoms with Crippen LogP contribution < -0.4 is 5.32 Å². The summed E-state index contributed by atoms with van der Waals surface area (Å²) < 4.78 is 0. The first-order valence-corrected chi connectivity index (χ1v) is 6.71. The van der Waals surface area contributed by atoms with E-state index in [-0.39, 0.29) is 18.6 Å². The van der Waals surface area contributed by atoms with Gasteiger partial charge in [-0.1, -0.05) is 25.5 Å². The average molecular weight is 239 g/mol. The highest BCUT2D eigenvalue weighted by Crippen LogP contribution is 2.20. The Hall–Kier alpha value is -0.830. The third-order valence-electron chi connectivity index (χ3n) is 3.36. The van der Waals surface area contributed by atoms with Crippen molar-refractivity contribution in [3.8, 4) is 0 Å². The van der Waals surface area contributed by atoms with Gasteiger partial charge in [-0.2, -0.15) is 0 Å². The normalized spacial score (nSPS) is 17.8. The molecule has 2 N–H and O–H groups in total. The molecule has 0 saturated carbocycles. The largest absolute Gasteiger partial charge is 0.396 e. The lowest BCUT2D eigenvalue weighted by Crippen LogP contribution is -2.39. The summed E-state index contributed by atoms with van der Waals surface area (Å²) in [5.41, 5.74) is 1.28. The number of nitrogens with one attached hydrogen (secondary N) is 1. The SMILES string of the molecule is CC(C)C(CCO)NC(=O)CC1=CCCCC1. The van der Waals surface area contributed by atoms with E-state index in [1.807, 2.05) is 0 Å². The van der Waals surface area contributed by atoms with Crippen molar-refractivity contribution >= 4 is 5.91 Å². The van der Waals surface area contributed by atoms with Gasteiger partial charge in [0.2, 0.25) is 5.91 Å². The third kappa shape index (κ3) is 5.35. The summed E-state index contributed by atoms with van der Waals surface area (Å²) in [7, 11) is 0. The summed E-state index contributed by atoms with van der Waals surface area (Å²) in [6.07, 6.45) is 8.04. The molecule has 0 heterocycles. The lowest BCUT2D eigenvalue weighted by atomic mass is 9.96. The van der Waals surface area contributed by atoms with E-state index < -0.39 is 0 Å². The van der Waals surface area contributed by atoms with Gasteiger partial charge in [0.05, 0.1) is 0 Å². The predicted octanol–water partition coefficient (Wildman–Crippen LogP) is 2.40. The van der Waals surface area contributed by atoms with Crippen LogP contribution >= 0.6 is 0 Å². The van der Waals surface area contributed by atoms with Crippen LogP contribution in [0, 0.1) is 5.92 Å². The van der Waals surface area contributed by atoms with Crippen LogP contribution in [0.3, 0.4) is 0 Å². The van der Waals surface area contributed by atoms with E-state index in [2.05, 4.69) is 25.2 Å². The van der Waals surface area contributed by atoms with Crippen LogP contribution in [-0.2, 0) is 4.79 Å². The van der Waals surface area contributed by atoms with Crippen LogP contribution in [0.2, 0.25) is 0 Å². The first-order valence-electron chi connectivity index (χ1n) is 6.71. The van der Waals surface area contributed by atoms with E-state index in [1.165, 1.54) is 18.4 Å². The van der Waals surface area contributed by atoms with Gasteiger partial charge < -0.3 is 10.4 Å². The third-order valence-corrected chi connectivity index (χ3v) is 3.36. The fourth-order valence-electron chi connectivity index (χ4n) is 2.24. The highest BCUT2D eigenvalue weighted by atomic mass is 16.3. The molecule has 0 aromatic heterocycles. The summed E-state index contributed by atoms with van der Waals surface area (Å²) in [5, 5.41) is 12.0. The minimum atomic E-state index is 0.0942. The van der Waals surface area contributed by atoms with Gasteiger partial charge in [0.1, 0.15) is 0 Å². The number of allylic oxidation sites excluding steroid dienone is 1. The zero-order valence-corrected chi connectivity index (χ0v) is 11.0. The van der Waals surface area contributed by atoms with E-state index in [4.69, 9.17) is 5.11 Å². The highest BCUT2D eigenvalue weighted by Gasteiger charge is 2.16. The molecule has 1 aliphatic rings. The minimum Gasteiger partial charge on any atom is -0.396 e. The van der Waals surface area contributed by atoms with Gasteiger partial charge in [0, 0.05) is 19.1 Å². The minimum absolute atomic E-state index is 0.0942. The van der Waals surface area contributed by atoms with Gasteiger partial charge >= 0.3 is 0 Å². The molecule has 1 rings (SSSR count). The molecule has 1 atom stereocenters. The maximum Gasteiger partial charge on any atom is 0.224 e. The second kappa shape index (κ2) is 7.49. The van der Waals surface area contributed by atoms with Crippen molar-refractivity contribution < 1.29 is 9.90 Å². The molecule has 0 fully saturated rings. The predicted molar refractivity (Wildman–Crippen MR) is 69.6 cm³/mol. The molecule has 0 aliphatic heterocycles. The van der Waals surface area contributed by atoms with Crippen LogP contribution in [0.25, 0.3) is 0 Å². The summed E-state index contributed by atoms with van der Waals surface area (Å²) in [4.78, 5) is 11.9. The molecule has 0 spiro atoms. The lowest BCUT2D eigenvalue weighted by Gasteiger charge is -2.22. The zero-order valence-electron chi connectivity index (χ0n) is 11.0. The Morgan fingerprint density at radius 1 is 1.47 bits per heavy atom. The van der Waals surface area contributed by atoms with Gasteiger partial charge in [-0.3, -0.25) is 4.79 Å². The molecule has 17 heavy (non-hydrogen) atoms. The topological polar surface area (TPSA) is 49.3 Å². The second-order valence-electron chi connectivity index (χ2n) is 5.22. The van der Waals surface area contributed by atoms with Crippen molar-refractivity contribution in [3.05, 3.63) is 11.6 Å². The van der Waals surface area contributed by atoms with Crippen LogP contribution in [0.4, 0.5) is 0 Å². The van der Waals surface area contributed by atoms with E-state index >= 15 is 0 Å². The first-order chi connectivity index (χ1) is 8.13. The van der Waals surface area contributed by atoms with E-state index in [1.54, 1.807) is 0 Å². The van der Waals surface area contributed by atoms with Gasteiger partial charge in [0.15, 0.2) is 0 Å². The van der Waals surface area contributed by atoms with Crippen LogP contribution in [0.1, 0.15) is 52.4 Å². The van der Waals surface area contributed by atoms with E-state index in [0.29, 0.717) is 18.8 Å². The molecular weight excluding hydrogens is 214 g/mol. The fraction of sp³-hybridized carbons (Fsp3) is 0.786. The molecule has 1 aliphatic carbocycles. The summed E-state index contributed by atoms with van der Waals surface area (Å²) in [6, 6.07) is 0.0942. The monoisotopic (exact) mass is 239 g/mol. The van der Waals surface area contributed by atoms with Crippen molar-refractivity contribution in [3.63, 3.8) is 0 Å². The quantitative estimate of drug-likeness (QED) is 0.699. The van der Waals surface area contributed by atoms with Gasteiger partial charge in [-0.15, -0.1) is 0 Å². The number of rotatable bonds is 6. The molecule has 3 heteroatoms. The van der Waals surface area contributed by atoms with Gasteiger partial charge in [0.25, 0.3) is 0 Å². The number of amides is 1. The molecule has 0 bridgehead atoms. The van der Waals surface area contributed by atoms with Crippen molar-refractivity contribution in [2.24, 2.45) is 5.92 Å². The maximum absolute atomic E-state index is 11.9. The Bertz CT molecular complexity index is 271.